The van der Waals surface area contributed by atoms with Crippen molar-refractivity contribution in [1.29, 1.82) is 0 Å². The molecule has 1 aliphatic heterocycles. The van der Waals surface area contributed by atoms with E-state index in [1.165, 1.54) is 0 Å². The Kier molecular flexibility index (Phi) is 8.72. The van der Waals surface area contributed by atoms with Gasteiger partial charge in [0.1, 0.15) is 0 Å². The van der Waals surface area contributed by atoms with Crippen LogP contribution >= 0.6 is 7.95 Å². The van der Waals surface area contributed by atoms with Gasteiger partial charge in [-0.2, -0.15) is 0 Å². The summed E-state index contributed by atoms with van der Waals surface area (Å²) in [4.78, 5) is 24.3. The number of amides is 2. The number of carbonyl (C=O) groups excluding carboxylic acids is 2. The van der Waals surface area contributed by atoms with Crippen molar-refractivity contribution in [2.75, 3.05) is 19.6 Å². The zero-order valence-corrected chi connectivity index (χ0v) is 15.1. The second kappa shape index (κ2) is 10.0. The van der Waals surface area contributed by atoms with Crippen LogP contribution in [0, 0.1) is 0 Å². The highest BCUT2D eigenvalue weighted by Gasteiger charge is 2.48. The maximum Gasteiger partial charge on any atom is 0.447 e. The van der Waals surface area contributed by atoms with Gasteiger partial charge in [0.05, 0.1) is 0 Å². The number of carbonyl (C=O) groups is 2. The zero-order valence-electron chi connectivity index (χ0n) is 14.2. The lowest BCUT2D eigenvalue weighted by molar-refractivity contribution is -0.127. The Labute approximate surface area is 143 Å². The van der Waals surface area contributed by atoms with E-state index < -0.39 is 31.2 Å². The molecule has 9 N–H and O–H groups in total. The van der Waals surface area contributed by atoms with Crippen LogP contribution in [0.1, 0.15) is 39.0 Å². The van der Waals surface area contributed by atoms with E-state index in [2.05, 4.69) is 15.7 Å². The lowest BCUT2D eigenvalue weighted by Gasteiger charge is -2.28. The first-order valence-corrected chi connectivity index (χ1v) is 9.71. The Morgan fingerprint density at radius 2 is 2.25 bits per heavy atom. The average molecular weight is 361 g/mol. The van der Waals surface area contributed by atoms with Crippen LogP contribution in [0.5, 0.6) is 0 Å². The van der Waals surface area contributed by atoms with Gasteiger partial charge >= 0.3 is 7.95 Å². The Balaban J connectivity index is 2.84. The normalized spacial score (nSPS) is 22.2. The number of piperidine rings is 1. The molecule has 1 saturated heterocycles. The molecule has 24 heavy (non-hydrogen) atoms. The highest BCUT2D eigenvalue weighted by atomic mass is 31.1. The monoisotopic (exact) mass is 361 g/mol. The molecular weight excluding hydrogens is 331 g/mol. The van der Waals surface area contributed by atoms with Gasteiger partial charge < -0.3 is 27.8 Å². The molecule has 1 aliphatic rings. The molecular formula is C14H30N6O3P+. The fourth-order valence-corrected chi connectivity index (χ4v) is 4.03. The largest absolute Gasteiger partial charge is 0.447 e. The van der Waals surface area contributed by atoms with Crippen molar-refractivity contribution in [1.82, 2.24) is 15.7 Å². The van der Waals surface area contributed by atoms with Crippen molar-refractivity contribution >= 4 is 19.8 Å². The van der Waals surface area contributed by atoms with E-state index in [1.54, 1.807) is 0 Å². The topological polar surface area (TPSA) is 165 Å². The summed E-state index contributed by atoms with van der Waals surface area (Å²) in [5.74, 6) is -0.756. The Bertz CT molecular complexity index is 464. The van der Waals surface area contributed by atoms with Crippen LogP contribution in [0.3, 0.4) is 0 Å². The molecule has 0 radical (unpaired) electrons. The molecule has 0 aromatic carbocycles. The molecule has 3 unspecified atom stereocenters. The summed E-state index contributed by atoms with van der Waals surface area (Å²) in [6, 6.07) is -0.413. The molecule has 1 rings (SSSR count). The third kappa shape index (κ3) is 6.07. The van der Waals surface area contributed by atoms with E-state index in [9.17, 15) is 14.2 Å². The van der Waals surface area contributed by atoms with Crippen molar-refractivity contribution in [3.63, 3.8) is 0 Å². The van der Waals surface area contributed by atoms with Crippen LogP contribution in [-0.4, -0.2) is 48.8 Å². The van der Waals surface area contributed by atoms with Gasteiger partial charge in [0, 0.05) is 32.0 Å². The van der Waals surface area contributed by atoms with Gasteiger partial charge in [-0.1, -0.05) is 12.0 Å². The SMILES string of the molecule is CCCNC(=O)C(N)(CC(N)CCN)N[P+](=O)[C@H]1CCCNC1=O. The fourth-order valence-electron chi connectivity index (χ4n) is 2.57. The number of hydrogen-bond donors (Lipinski definition) is 6. The smallest absolute Gasteiger partial charge is 0.353 e. The summed E-state index contributed by atoms with van der Waals surface area (Å²) < 4.78 is 12.6. The first-order valence-electron chi connectivity index (χ1n) is 8.38. The van der Waals surface area contributed by atoms with Gasteiger partial charge in [0.25, 0.3) is 17.5 Å². The lowest BCUT2D eigenvalue weighted by Crippen LogP contribution is -2.64. The molecule has 0 aliphatic carbocycles. The summed E-state index contributed by atoms with van der Waals surface area (Å²) >= 11 is 0. The van der Waals surface area contributed by atoms with E-state index in [1.807, 2.05) is 6.92 Å². The summed E-state index contributed by atoms with van der Waals surface area (Å²) in [7, 11) is -2.20. The summed E-state index contributed by atoms with van der Waals surface area (Å²) in [5, 5.41) is 8.06. The maximum absolute atomic E-state index is 12.6. The molecule has 0 bridgehead atoms. The number of nitrogens with two attached hydrogens (primary N) is 3. The summed E-state index contributed by atoms with van der Waals surface area (Å²) in [6.45, 7) is 3.31. The van der Waals surface area contributed by atoms with Crippen LogP contribution in [0.2, 0.25) is 0 Å². The second-order valence-electron chi connectivity index (χ2n) is 6.16. The molecule has 1 heterocycles. The predicted molar refractivity (Wildman–Crippen MR) is 93.3 cm³/mol. The minimum absolute atomic E-state index is 0.0785. The van der Waals surface area contributed by atoms with E-state index in [4.69, 9.17) is 17.2 Å². The predicted octanol–water partition coefficient (Wildman–Crippen LogP) is -1.16. The first-order chi connectivity index (χ1) is 11.3. The minimum Gasteiger partial charge on any atom is -0.353 e. The molecule has 0 spiro atoms. The number of nitrogens with one attached hydrogen (secondary N) is 3. The molecule has 0 saturated carbocycles. The summed E-state index contributed by atoms with van der Waals surface area (Å²) in [6.07, 6.45) is 2.55. The van der Waals surface area contributed by atoms with Crippen LogP contribution in [0.25, 0.3) is 0 Å². The molecule has 138 valence electrons. The molecule has 1 fully saturated rings. The van der Waals surface area contributed by atoms with Crippen molar-refractivity contribution in [2.45, 2.75) is 56.4 Å². The fraction of sp³-hybridized carbons (Fsp3) is 0.857. The Morgan fingerprint density at radius 1 is 1.54 bits per heavy atom. The van der Waals surface area contributed by atoms with Crippen molar-refractivity contribution in [3.8, 4) is 0 Å². The van der Waals surface area contributed by atoms with Gasteiger partial charge in [0.15, 0.2) is 5.66 Å². The standard InChI is InChI=1S/C14H29N6O3P/c1-2-7-19-13(22)14(17,9-10(16)5-6-15)20-24(23)11-4-3-8-18-12(11)21/h10-11H,2-9,15-17H2,1H3,(H2-,18,19,20,21,22,23)/p+1/t10?,11-,14?/m0/s1. The van der Waals surface area contributed by atoms with E-state index in [-0.39, 0.29) is 12.3 Å². The van der Waals surface area contributed by atoms with Crippen LogP contribution in [0.15, 0.2) is 0 Å². The minimum atomic E-state index is -2.20. The van der Waals surface area contributed by atoms with E-state index in [0.717, 1.165) is 12.8 Å². The van der Waals surface area contributed by atoms with Crippen LogP contribution in [0.4, 0.5) is 0 Å². The van der Waals surface area contributed by atoms with Gasteiger partial charge in [-0.25, -0.2) is 0 Å². The lowest BCUT2D eigenvalue weighted by atomic mass is 9.99. The Morgan fingerprint density at radius 3 is 2.83 bits per heavy atom. The molecule has 0 aromatic heterocycles. The maximum atomic E-state index is 12.6. The van der Waals surface area contributed by atoms with Crippen molar-refractivity contribution in [3.05, 3.63) is 0 Å². The van der Waals surface area contributed by atoms with Crippen molar-refractivity contribution < 1.29 is 14.2 Å². The second-order valence-corrected chi connectivity index (χ2v) is 7.65. The zero-order chi connectivity index (χ0) is 18.2. The van der Waals surface area contributed by atoms with Gasteiger partial charge in [-0.3, -0.25) is 9.59 Å². The molecule has 0 aromatic rings. The molecule has 9 nitrogen and oxygen atoms in total. The quantitative estimate of drug-likeness (QED) is 0.211. The number of hydrogen-bond acceptors (Lipinski definition) is 6. The highest BCUT2D eigenvalue weighted by Crippen LogP contribution is 2.32. The average Bonchev–Trinajstić information content (AvgIpc) is 2.52. The van der Waals surface area contributed by atoms with Crippen molar-refractivity contribution in [2.24, 2.45) is 17.2 Å². The first kappa shape index (κ1) is 20.9. The van der Waals surface area contributed by atoms with Gasteiger partial charge in [-0.05, 0) is 30.4 Å². The van der Waals surface area contributed by atoms with Gasteiger partial charge in [-0.15, -0.1) is 0 Å². The van der Waals surface area contributed by atoms with Gasteiger partial charge in [0.2, 0.25) is 0 Å². The third-order valence-corrected chi connectivity index (χ3v) is 5.59. The van der Waals surface area contributed by atoms with E-state index >= 15 is 0 Å². The van der Waals surface area contributed by atoms with E-state index in [0.29, 0.717) is 32.5 Å². The molecule has 2 amide bonds. The summed E-state index contributed by atoms with van der Waals surface area (Å²) in [5.41, 5.74) is 15.4. The number of rotatable bonds is 10. The highest BCUT2D eigenvalue weighted by molar-refractivity contribution is 7.44. The Hall–Kier alpha value is -1.12. The van der Waals surface area contributed by atoms with Crippen LogP contribution in [-0.2, 0) is 14.2 Å². The van der Waals surface area contributed by atoms with Crippen LogP contribution < -0.4 is 32.9 Å². The third-order valence-electron chi connectivity index (χ3n) is 3.91. The molecule has 4 atom stereocenters. The molecule has 10 heteroatoms.